The van der Waals surface area contributed by atoms with Crippen LogP contribution in [0.5, 0.6) is 5.75 Å². The maximum Gasteiger partial charge on any atom is 0.262 e. The molecule has 2 aromatic carbocycles. The molecule has 7 nitrogen and oxygen atoms in total. The number of amides is 1. The average molecular weight is 429 g/mol. The van der Waals surface area contributed by atoms with Crippen molar-refractivity contribution in [2.45, 2.75) is 31.7 Å². The minimum atomic E-state index is -3.89. The summed E-state index contributed by atoms with van der Waals surface area (Å²) in [4.78, 5) is 12.7. The molecule has 0 bridgehead atoms. The van der Waals surface area contributed by atoms with Gasteiger partial charge in [0, 0.05) is 11.3 Å². The molecule has 1 atom stereocenters. The molecule has 2 N–H and O–H groups in total. The number of hydrogen-bond donors (Lipinski definition) is 2. The fourth-order valence-corrected chi connectivity index (χ4v) is 4.27. The lowest BCUT2D eigenvalue weighted by molar-refractivity contribution is 0.0935. The SMILES string of the molecule is COc1ccc(NS(=O)(=O)c2cc(C(=O)NC(C)c3ccc(C)o3)ccc2C)cc1. The zero-order chi connectivity index (χ0) is 21.9. The van der Waals surface area contributed by atoms with Crippen molar-refractivity contribution >= 4 is 21.6 Å². The zero-order valence-corrected chi connectivity index (χ0v) is 18.0. The van der Waals surface area contributed by atoms with Crippen LogP contribution in [0, 0.1) is 13.8 Å². The van der Waals surface area contributed by atoms with Crippen molar-refractivity contribution in [3.8, 4) is 5.75 Å². The Morgan fingerprint density at radius 2 is 1.73 bits per heavy atom. The van der Waals surface area contributed by atoms with Crippen molar-refractivity contribution < 1.29 is 22.4 Å². The molecule has 1 amide bonds. The van der Waals surface area contributed by atoms with Crippen LogP contribution in [0.4, 0.5) is 5.69 Å². The predicted octanol–water partition coefficient (Wildman–Crippen LogP) is 4.20. The van der Waals surface area contributed by atoms with E-state index >= 15 is 0 Å². The molecule has 0 aliphatic heterocycles. The van der Waals surface area contributed by atoms with Crippen LogP contribution < -0.4 is 14.8 Å². The topological polar surface area (TPSA) is 97.6 Å². The predicted molar refractivity (Wildman–Crippen MR) is 114 cm³/mol. The molecule has 0 radical (unpaired) electrons. The number of rotatable bonds is 7. The van der Waals surface area contributed by atoms with Crippen molar-refractivity contribution in [1.29, 1.82) is 0 Å². The highest BCUT2D eigenvalue weighted by Crippen LogP contribution is 2.23. The van der Waals surface area contributed by atoms with Crippen molar-refractivity contribution in [1.82, 2.24) is 5.32 Å². The number of ether oxygens (including phenoxy) is 1. The van der Waals surface area contributed by atoms with E-state index in [1.165, 1.54) is 13.2 Å². The minimum absolute atomic E-state index is 0.0347. The number of carbonyl (C=O) groups is 1. The Kier molecular flexibility index (Phi) is 6.17. The third kappa shape index (κ3) is 4.83. The lowest BCUT2D eigenvalue weighted by Gasteiger charge is -2.14. The highest BCUT2D eigenvalue weighted by Gasteiger charge is 2.21. The standard InChI is InChI=1S/C22H24N2O5S/c1-14-5-7-17(22(25)23-16(3)20-12-6-15(2)29-20)13-21(14)30(26,27)24-18-8-10-19(28-4)11-9-18/h5-13,16,24H,1-4H3,(H,23,25). The zero-order valence-electron chi connectivity index (χ0n) is 17.2. The van der Waals surface area contributed by atoms with Gasteiger partial charge in [-0.05, 0) is 74.9 Å². The van der Waals surface area contributed by atoms with Gasteiger partial charge >= 0.3 is 0 Å². The summed E-state index contributed by atoms with van der Waals surface area (Å²) in [6, 6.07) is 14.4. The molecular formula is C22H24N2O5S. The Labute approximate surface area is 176 Å². The smallest absolute Gasteiger partial charge is 0.262 e. The molecule has 0 saturated carbocycles. The molecule has 30 heavy (non-hydrogen) atoms. The first-order valence-electron chi connectivity index (χ1n) is 9.34. The van der Waals surface area contributed by atoms with Crippen molar-refractivity contribution in [2.24, 2.45) is 0 Å². The van der Waals surface area contributed by atoms with Crippen LogP contribution in [-0.2, 0) is 10.0 Å². The van der Waals surface area contributed by atoms with Gasteiger partial charge in [0.2, 0.25) is 0 Å². The van der Waals surface area contributed by atoms with Gasteiger partial charge in [-0.25, -0.2) is 8.42 Å². The Hall–Kier alpha value is -3.26. The highest BCUT2D eigenvalue weighted by molar-refractivity contribution is 7.92. The Bertz CT molecular complexity index is 1150. The summed E-state index contributed by atoms with van der Waals surface area (Å²) in [7, 11) is -2.35. The largest absolute Gasteiger partial charge is 0.497 e. The quantitative estimate of drug-likeness (QED) is 0.588. The van der Waals surface area contributed by atoms with E-state index in [9.17, 15) is 13.2 Å². The van der Waals surface area contributed by atoms with E-state index in [2.05, 4.69) is 10.0 Å². The number of sulfonamides is 1. The van der Waals surface area contributed by atoms with Gasteiger partial charge in [-0.3, -0.25) is 9.52 Å². The van der Waals surface area contributed by atoms with Gasteiger partial charge in [0.1, 0.15) is 17.3 Å². The number of benzene rings is 2. The van der Waals surface area contributed by atoms with Crippen molar-refractivity contribution in [3.63, 3.8) is 0 Å². The number of carbonyl (C=O) groups excluding carboxylic acids is 1. The number of furan rings is 1. The number of methoxy groups -OCH3 is 1. The summed E-state index contributed by atoms with van der Waals surface area (Å²) in [5.74, 6) is 1.60. The third-order valence-electron chi connectivity index (χ3n) is 4.62. The number of hydrogen-bond acceptors (Lipinski definition) is 5. The van der Waals surface area contributed by atoms with Crippen molar-refractivity contribution in [2.75, 3.05) is 11.8 Å². The lowest BCUT2D eigenvalue weighted by Crippen LogP contribution is -2.26. The van der Waals surface area contributed by atoms with Crippen LogP contribution in [0.25, 0.3) is 0 Å². The molecule has 3 aromatic rings. The molecule has 0 saturated heterocycles. The summed E-state index contributed by atoms with van der Waals surface area (Å²) in [5, 5.41) is 2.82. The van der Waals surface area contributed by atoms with E-state index in [1.54, 1.807) is 56.3 Å². The first-order valence-corrected chi connectivity index (χ1v) is 10.8. The molecule has 0 fully saturated rings. The van der Waals surface area contributed by atoms with E-state index in [1.807, 2.05) is 13.0 Å². The molecule has 8 heteroatoms. The Morgan fingerprint density at radius 3 is 2.33 bits per heavy atom. The molecule has 0 aliphatic carbocycles. The number of anilines is 1. The summed E-state index contributed by atoms with van der Waals surface area (Å²) < 4.78 is 39.0. The van der Waals surface area contributed by atoms with E-state index in [0.717, 1.165) is 5.76 Å². The average Bonchev–Trinajstić information content (AvgIpc) is 3.15. The van der Waals surface area contributed by atoms with Gasteiger partial charge in [-0.2, -0.15) is 0 Å². The normalized spacial score (nSPS) is 12.3. The lowest BCUT2D eigenvalue weighted by atomic mass is 10.1. The van der Waals surface area contributed by atoms with Gasteiger partial charge in [0.15, 0.2) is 0 Å². The fourth-order valence-electron chi connectivity index (χ4n) is 2.94. The van der Waals surface area contributed by atoms with Gasteiger partial charge < -0.3 is 14.5 Å². The summed E-state index contributed by atoms with van der Waals surface area (Å²) in [5.41, 5.74) is 1.17. The summed E-state index contributed by atoms with van der Waals surface area (Å²) in [6.45, 7) is 5.30. The Morgan fingerprint density at radius 1 is 1.03 bits per heavy atom. The van der Waals surface area contributed by atoms with Gasteiger partial charge in [-0.1, -0.05) is 6.07 Å². The monoisotopic (exact) mass is 428 g/mol. The molecule has 1 unspecified atom stereocenters. The van der Waals surface area contributed by atoms with Crippen LogP contribution in [-0.4, -0.2) is 21.4 Å². The molecule has 158 valence electrons. The van der Waals surface area contributed by atoms with Crippen LogP contribution in [0.3, 0.4) is 0 Å². The van der Waals surface area contributed by atoms with E-state index in [0.29, 0.717) is 22.8 Å². The first-order chi connectivity index (χ1) is 14.2. The maximum atomic E-state index is 12.9. The Balaban J connectivity index is 1.81. The molecule has 0 aliphatic rings. The van der Waals surface area contributed by atoms with Gasteiger partial charge in [0.05, 0.1) is 18.0 Å². The number of nitrogens with one attached hydrogen (secondary N) is 2. The second-order valence-electron chi connectivity index (χ2n) is 6.96. The highest BCUT2D eigenvalue weighted by atomic mass is 32.2. The molecule has 0 spiro atoms. The van der Waals surface area contributed by atoms with Crippen LogP contribution in [0.15, 0.2) is 63.9 Å². The molecule has 1 heterocycles. The fraction of sp³-hybridized carbons (Fsp3) is 0.227. The summed E-state index contributed by atoms with van der Waals surface area (Å²) in [6.07, 6.45) is 0. The van der Waals surface area contributed by atoms with Crippen LogP contribution in [0.2, 0.25) is 0 Å². The summed E-state index contributed by atoms with van der Waals surface area (Å²) >= 11 is 0. The minimum Gasteiger partial charge on any atom is -0.497 e. The second-order valence-corrected chi connectivity index (χ2v) is 8.61. The number of aryl methyl sites for hydroxylation is 2. The second kappa shape index (κ2) is 8.62. The first kappa shape index (κ1) is 21.4. The van der Waals surface area contributed by atoms with Crippen LogP contribution >= 0.6 is 0 Å². The van der Waals surface area contributed by atoms with Crippen LogP contribution in [0.1, 0.15) is 40.4 Å². The maximum absolute atomic E-state index is 12.9. The molecule has 1 aromatic heterocycles. The van der Waals surface area contributed by atoms with E-state index < -0.39 is 15.9 Å². The van der Waals surface area contributed by atoms with E-state index in [4.69, 9.17) is 9.15 Å². The molecular weight excluding hydrogens is 404 g/mol. The molecule has 3 rings (SSSR count). The van der Waals surface area contributed by atoms with Gasteiger partial charge in [-0.15, -0.1) is 0 Å². The third-order valence-corrected chi connectivity index (χ3v) is 6.14. The van der Waals surface area contributed by atoms with Crippen molar-refractivity contribution in [3.05, 3.63) is 77.2 Å². The van der Waals surface area contributed by atoms with Gasteiger partial charge in [0.25, 0.3) is 15.9 Å². The van der Waals surface area contributed by atoms with E-state index in [-0.39, 0.29) is 16.5 Å².